The number of amides is 1. The lowest BCUT2D eigenvalue weighted by Crippen LogP contribution is -2.29. The Labute approximate surface area is 206 Å². The Hall–Kier alpha value is -3.80. The van der Waals surface area contributed by atoms with Gasteiger partial charge in [0.1, 0.15) is 23.9 Å². The maximum absolute atomic E-state index is 12.8. The second-order valence-electron chi connectivity index (χ2n) is 8.76. The van der Waals surface area contributed by atoms with E-state index in [1.54, 1.807) is 31.4 Å². The van der Waals surface area contributed by atoms with Crippen molar-refractivity contribution in [1.29, 1.82) is 0 Å². The van der Waals surface area contributed by atoms with Gasteiger partial charge in [0.05, 0.1) is 30.7 Å². The summed E-state index contributed by atoms with van der Waals surface area (Å²) in [5.41, 5.74) is 3.81. The Kier molecular flexibility index (Phi) is 7.70. The van der Waals surface area contributed by atoms with Crippen molar-refractivity contribution in [3.63, 3.8) is 0 Å². The maximum Gasteiger partial charge on any atom is 0.251 e. The molecule has 1 amide bonds. The standard InChI is InChI=1S/C29H33N3O3/c1-5-20(2)22-10-16-25(17-11-22)35-19-18-32-27-9-7-6-8-26(27)31-28(32)21(3)30-29(33)23-12-14-24(34-4)15-13-23/h6-17,20-21H,5,18-19H2,1-4H3,(H,30,33). The lowest BCUT2D eigenvalue weighted by Gasteiger charge is -2.17. The third kappa shape index (κ3) is 5.65. The molecular weight excluding hydrogens is 438 g/mol. The molecule has 0 saturated carbocycles. The Bertz CT molecular complexity index is 1260. The lowest BCUT2D eigenvalue weighted by molar-refractivity contribution is 0.0937. The van der Waals surface area contributed by atoms with Crippen LogP contribution >= 0.6 is 0 Å². The quantitative estimate of drug-likeness (QED) is 0.302. The summed E-state index contributed by atoms with van der Waals surface area (Å²) in [4.78, 5) is 17.7. The monoisotopic (exact) mass is 471 g/mol. The highest BCUT2D eigenvalue weighted by Crippen LogP contribution is 2.23. The van der Waals surface area contributed by atoms with Crippen LogP contribution in [0.15, 0.2) is 72.8 Å². The van der Waals surface area contributed by atoms with Crippen LogP contribution in [0.2, 0.25) is 0 Å². The number of benzene rings is 3. The van der Waals surface area contributed by atoms with E-state index in [-0.39, 0.29) is 11.9 Å². The van der Waals surface area contributed by atoms with Crippen molar-refractivity contribution in [1.82, 2.24) is 14.9 Å². The van der Waals surface area contributed by atoms with Gasteiger partial charge in [-0.1, -0.05) is 38.1 Å². The van der Waals surface area contributed by atoms with Gasteiger partial charge in [-0.3, -0.25) is 4.79 Å². The van der Waals surface area contributed by atoms with E-state index in [1.807, 2.05) is 43.3 Å². The predicted molar refractivity (Wildman–Crippen MR) is 139 cm³/mol. The third-order valence-electron chi connectivity index (χ3n) is 6.42. The highest BCUT2D eigenvalue weighted by molar-refractivity contribution is 5.94. The molecule has 0 fully saturated rings. The van der Waals surface area contributed by atoms with E-state index in [0.29, 0.717) is 30.4 Å². The van der Waals surface area contributed by atoms with Gasteiger partial charge in [0.25, 0.3) is 5.91 Å². The largest absolute Gasteiger partial charge is 0.497 e. The molecule has 1 N–H and O–H groups in total. The van der Waals surface area contributed by atoms with E-state index in [0.717, 1.165) is 29.0 Å². The fourth-order valence-electron chi connectivity index (χ4n) is 4.13. The molecule has 0 bridgehead atoms. The molecule has 0 spiro atoms. The van der Waals surface area contributed by atoms with Gasteiger partial charge in [-0.2, -0.15) is 0 Å². The van der Waals surface area contributed by atoms with Crippen LogP contribution in [0.1, 0.15) is 60.9 Å². The van der Waals surface area contributed by atoms with Crippen molar-refractivity contribution < 1.29 is 14.3 Å². The molecule has 0 saturated heterocycles. The zero-order chi connectivity index (χ0) is 24.8. The minimum absolute atomic E-state index is 0.156. The average Bonchev–Trinajstić information content (AvgIpc) is 3.27. The molecule has 2 unspecified atom stereocenters. The summed E-state index contributed by atoms with van der Waals surface area (Å²) in [5.74, 6) is 2.74. The maximum atomic E-state index is 12.8. The summed E-state index contributed by atoms with van der Waals surface area (Å²) in [6.07, 6.45) is 1.11. The molecule has 35 heavy (non-hydrogen) atoms. The molecule has 1 aromatic heterocycles. The van der Waals surface area contributed by atoms with Gasteiger partial charge >= 0.3 is 0 Å². The second kappa shape index (κ2) is 11.1. The number of nitrogens with zero attached hydrogens (tertiary/aromatic N) is 2. The van der Waals surface area contributed by atoms with Crippen molar-refractivity contribution >= 4 is 16.9 Å². The van der Waals surface area contributed by atoms with Crippen LogP contribution in [0.4, 0.5) is 0 Å². The number of ether oxygens (including phenoxy) is 2. The molecule has 4 aromatic rings. The van der Waals surface area contributed by atoms with Crippen molar-refractivity contribution in [2.24, 2.45) is 0 Å². The number of carbonyl (C=O) groups excluding carboxylic acids is 1. The van der Waals surface area contributed by atoms with E-state index < -0.39 is 0 Å². The minimum Gasteiger partial charge on any atom is -0.497 e. The van der Waals surface area contributed by atoms with Crippen LogP contribution in [0.25, 0.3) is 11.0 Å². The Morgan fingerprint density at radius 2 is 1.66 bits per heavy atom. The van der Waals surface area contributed by atoms with Crippen molar-refractivity contribution in [3.05, 3.63) is 89.7 Å². The molecule has 0 aliphatic rings. The molecule has 0 radical (unpaired) electrons. The molecule has 0 aliphatic carbocycles. The van der Waals surface area contributed by atoms with Crippen molar-refractivity contribution in [2.75, 3.05) is 13.7 Å². The third-order valence-corrected chi connectivity index (χ3v) is 6.42. The van der Waals surface area contributed by atoms with Crippen LogP contribution in [-0.4, -0.2) is 29.2 Å². The molecule has 6 nitrogen and oxygen atoms in total. The predicted octanol–water partition coefficient (Wildman–Crippen LogP) is 6.13. The van der Waals surface area contributed by atoms with Crippen LogP contribution in [0, 0.1) is 0 Å². The van der Waals surface area contributed by atoms with Gasteiger partial charge in [0, 0.05) is 5.56 Å². The summed E-state index contributed by atoms with van der Waals surface area (Å²) in [7, 11) is 1.60. The zero-order valence-corrected chi connectivity index (χ0v) is 20.8. The summed E-state index contributed by atoms with van der Waals surface area (Å²) in [6, 6.07) is 23.1. The Balaban J connectivity index is 1.47. The van der Waals surface area contributed by atoms with E-state index >= 15 is 0 Å². The average molecular weight is 472 g/mol. The molecule has 2 atom stereocenters. The first-order valence-electron chi connectivity index (χ1n) is 12.1. The molecule has 6 heteroatoms. The second-order valence-corrected chi connectivity index (χ2v) is 8.76. The first kappa shape index (κ1) is 24.3. The van der Waals surface area contributed by atoms with Gasteiger partial charge in [0.15, 0.2) is 0 Å². The fraction of sp³-hybridized carbons (Fsp3) is 0.310. The topological polar surface area (TPSA) is 65.4 Å². The van der Waals surface area contributed by atoms with E-state index in [9.17, 15) is 4.79 Å². The Morgan fingerprint density at radius 3 is 2.34 bits per heavy atom. The van der Waals surface area contributed by atoms with E-state index in [2.05, 4.69) is 35.9 Å². The summed E-state index contributed by atoms with van der Waals surface area (Å²) >= 11 is 0. The summed E-state index contributed by atoms with van der Waals surface area (Å²) in [5, 5.41) is 3.08. The summed E-state index contributed by atoms with van der Waals surface area (Å²) in [6.45, 7) is 7.49. The number of hydrogen-bond acceptors (Lipinski definition) is 4. The van der Waals surface area contributed by atoms with Gasteiger partial charge in [-0.05, 0) is 73.4 Å². The number of rotatable bonds is 10. The number of carbonyl (C=O) groups is 1. The Morgan fingerprint density at radius 1 is 0.971 bits per heavy atom. The number of fused-ring (bicyclic) bond motifs is 1. The highest BCUT2D eigenvalue weighted by Gasteiger charge is 2.19. The number of aromatic nitrogens is 2. The van der Waals surface area contributed by atoms with Crippen LogP contribution < -0.4 is 14.8 Å². The van der Waals surface area contributed by atoms with E-state index in [1.165, 1.54) is 5.56 Å². The first-order chi connectivity index (χ1) is 17.0. The van der Waals surface area contributed by atoms with Crippen LogP contribution in [0.5, 0.6) is 11.5 Å². The van der Waals surface area contributed by atoms with Crippen LogP contribution in [0.3, 0.4) is 0 Å². The normalized spacial score (nSPS) is 12.8. The van der Waals surface area contributed by atoms with Gasteiger partial charge in [-0.15, -0.1) is 0 Å². The van der Waals surface area contributed by atoms with E-state index in [4.69, 9.17) is 14.5 Å². The summed E-state index contributed by atoms with van der Waals surface area (Å²) < 4.78 is 13.4. The molecular formula is C29H33N3O3. The molecule has 1 heterocycles. The lowest BCUT2D eigenvalue weighted by atomic mass is 9.99. The molecule has 4 rings (SSSR count). The zero-order valence-electron chi connectivity index (χ0n) is 20.8. The van der Waals surface area contributed by atoms with Crippen molar-refractivity contribution in [3.8, 4) is 11.5 Å². The van der Waals surface area contributed by atoms with Gasteiger partial charge in [0.2, 0.25) is 0 Å². The minimum atomic E-state index is -0.285. The first-order valence-corrected chi connectivity index (χ1v) is 12.1. The SMILES string of the molecule is CCC(C)c1ccc(OCCn2c(C(C)NC(=O)c3ccc(OC)cc3)nc3ccccc32)cc1. The number of methoxy groups -OCH3 is 1. The van der Waals surface area contributed by atoms with Gasteiger partial charge in [-0.25, -0.2) is 4.98 Å². The fourth-order valence-corrected chi connectivity index (χ4v) is 4.13. The number of para-hydroxylation sites is 2. The molecule has 182 valence electrons. The number of nitrogens with one attached hydrogen (secondary N) is 1. The smallest absolute Gasteiger partial charge is 0.251 e. The van der Waals surface area contributed by atoms with Crippen molar-refractivity contribution in [2.45, 2.75) is 45.7 Å². The van der Waals surface area contributed by atoms with Crippen LogP contribution in [-0.2, 0) is 6.54 Å². The molecule has 0 aliphatic heterocycles. The molecule has 3 aromatic carbocycles. The number of hydrogen-bond donors (Lipinski definition) is 1. The highest BCUT2D eigenvalue weighted by atomic mass is 16.5. The van der Waals surface area contributed by atoms with Gasteiger partial charge < -0.3 is 19.4 Å². The number of imidazole rings is 1.